The van der Waals surface area contributed by atoms with Crippen molar-refractivity contribution in [3.8, 4) is 6.07 Å². The summed E-state index contributed by atoms with van der Waals surface area (Å²) in [5.41, 5.74) is 4.68. The molecule has 0 aliphatic carbocycles. The number of nitrogens with zero attached hydrogens (tertiary/aromatic N) is 1. The maximum atomic E-state index is 12.2. The van der Waals surface area contributed by atoms with Crippen molar-refractivity contribution < 1.29 is 4.79 Å². The molecule has 0 heterocycles. The Morgan fingerprint density at radius 1 is 0.852 bits per heavy atom. The molecule has 1 amide bonds. The van der Waals surface area contributed by atoms with Crippen LogP contribution in [0.15, 0.2) is 91.0 Å². The Bertz CT molecular complexity index is 911. The quantitative estimate of drug-likeness (QED) is 0.645. The molecule has 3 aromatic carbocycles. The van der Waals surface area contributed by atoms with E-state index in [2.05, 4.69) is 41.7 Å². The van der Waals surface area contributed by atoms with Crippen molar-refractivity contribution in [1.82, 2.24) is 0 Å². The average Bonchev–Trinajstić information content (AvgIpc) is 2.73. The molecule has 0 saturated carbocycles. The Morgan fingerprint density at radius 3 is 1.93 bits per heavy atom. The number of allylic oxidation sites excluding steroid dienone is 1. The number of amides is 1. The highest BCUT2D eigenvalue weighted by molar-refractivity contribution is 5.91. The zero-order valence-corrected chi connectivity index (χ0v) is 14.9. The number of hydrogen-bond acceptors (Lipinski definition) is 2. The lowest BCUT2D eigenvalue weighted by Gasteiger charge is -2.09. The Morgan fingerprint density at radius 2 is 1.41 bits per heavy atom. The smallest absolute Gasteiger partial charge is 0.224 e. The van der Waals surface area contributed by atoms with Crippen LogP contribution < -0.4 is 5.32 Å². The summed E-state index contributed by atoms with van der Waals surface area (Å²) >= 11 is 0. The Labute approximate surface area is 159 Å². The molecule has 0 aliphatic heterocycles. The first kappa shape index (κ1) is 18.2. The van der Waals surface area contributed by atoms with Crippen LogP contribution in [0.1, 0.15) is 29.5 Å². The van der Waals surface area contributed by atoms with Gasteiger partial charge in [0.15, 0.2) is 0 Å². The summed E-state index contributed by atoms with van der Waals surface area (Å²) in [5.74, 6) is -0.0450. The molecule has 0 radical (unpaired) electrons. The van der Waals surface area contributed by atoms with Gasteiger partial charge in [0.05, 0.1) is 11.6 Å². The molecule has 1 N–H and O–H groups in total. The molecule has 0 fully saturated rings. The predicted octanol–water partition coefficient (Wildman–Crippen LogP) is 5.41. The summed E-state index contributed by atoms with van der Waals surface area (Å²) in [6.07, 6.45) is 3.15. The maximum absolute atomic E-state index is 12.2. The summed E-state index contributed by atoms with van der Waals surface area (Å²) in [4.78, 5) is 12.2. The van der Waals surface area contributed by atoms with Crippen molar-refractivity contribution in [1.29, 1.82) is 5.26 Å². The first-order valence-corrected chi connectivity index (χ1v) is 8.87. The number of nitrogens with one attached hydrogen (secondary N) is 1. The van der Waals surface area contributed by atoms with Crippen LogP contribution in [-0.4, -0.2) is 5.91 Å². The van der Waals surface area contributed by atoms with Crippen LogP contribution in [0, 0.1) is 11.3 Å². The molecule has 0 bridgehead atoms. The topological polar surface area (TPSA) is 52.9 Å². The van der Waals surface area contributed by atoms with Crippen LogP contribution in [0.2, 0.25) is 0 Å². The minimum absolute atomic E-state index is 0.0450. The number of hydrogen-bond donors (Lipinski definition) is 1. The number of nitriles is 1. The van der Waals surface area contributed by atoms with E-state index in [4.69, 9.17) is 5.26 Å². The minimum Gasteiger partial charge on any atom is -0.326 e. The predicted molar refractivity (Wildman–Crippen MR) is 109 cm³/mol. The van der Waals surface area contributed by atoms with Gasteiger partial charge in [-0.05, 0) is 47.4 Å². The summed E-state index contributed by atoms with van der Waals surface area (Å²) in [6.45, 7) is 0. The van der Waals surface area contributed by atoms with Gasteiger partial charge >= 0.3 is 0 Å². The molecule has 3 aromatic rings. The molecule has 3 rings (SSSR count). The van der Waals surface area contributed by atoms with Gasteiger partial charge in [-0.2, -0.15) is 5.26 Å². The molecule has 3 nitrogen and oxygen atoms in total. The lowest BCUT2D eigenvalue weighted by atomic mass is 9.96. The Balaban J connectivity index is 1.67. The third-order valence-corrected chi connectivity index (χ3v) is 4.19. The van der Waals surface area contributed by atoms with Crippen LogP contribution in [0.25, 0.3) is 5.57 Å². The lowest BCUT2D eigenvalue weighted by molar-refractivity contribution is -0.116. The van der Waals surface area contributed by atoms with Crippen LogP contribution >= 0.6 is 0 Å². The number of benzene rings is 3. The van der Waals surface area contributed by atoms with Crippen molar-refractivity contribution in [3.05, 3.63) is 108 Å². The zero-order valence-electron chi connectivity index (χ0n) is 14.9. The van der Waals surface area contributed by atoms with Gasteiger partial charge in [0.2, 0.25) is 5.91 Å². The van der Waals surface area contributed by atoms with E-state index in [0.29, 0.717) is 24.1 Å². The molecular formula is C24H20N2O. The highest BCUT2D eigenvalue weighted by Gasteiger charge is 2.06. The van der Waals surface area contributed by atoms with E-state index in [1.807, 2.05) is 36.4 Å². The number of carbonyl (C=O) groups excluding carboxylic acids is 1. The van der Waals surface area contributed by atoms with E-state index in [-0.39, 0.29) is 5.91 Å². The first-order valence-electron chi connectivity index (χ1n) is 8.87. The van der Waals surface area contributed by atoms with Crippen LogP contribution in [0.4, 0.5) is 5.69 Å². The highest BCUT2D eigenvalue weighted by Crippen LogP contribution is 2.24. The lowest BCUT2D eigenvalue weighted by Crippen LogP contribution is -2.10. The second kappa shape index (κ2) is 9.17. The largest absolute Gasteiger partial charge is 0.326 e. The van der Waals surface area contributed by atoms with Gasteiger partial charge < -0.3 is 5.32 Å². The van der Waals surface area contributed by atoms with E-state index < -0.39 is 0 Å². The van der Waals surface area contributed by atoms with Crippen LogP contribution in [0.3, 0.4) is 0 Å². The second-order valence-corrected chi connectivity index (χ2v) is 6.13. The van der Waals surface area contributed by atoms with Gasteiger partial charge in [-0.25, -0.2) is 0 Å². The SMILES string of the molecule is N#Cc1ccc(NC(=O)CCC=C(c2ccccc2)c2ccccc2)cc1. The average molecular weight is 352 g/mol. The van der Waals surface area contributed by atoms with E-state index in [1.54, 1.807) is 24.3 Å². The molecular weight excluding hydrogens is 332 g/mol. The Kier molecular flexibility index (Phi) is 6.17. The van der Waals surface area contributed by atoms with Crippen LogP contribution in [0.5, 0.6) is 0 Å². The van der Waals surface area contributed by atoms with Crippen molar-refractivity contribution in [2.45, 2.75) is 12.8 Å². The van der Waals surface area contributed by atoms with E-state index >= 15 is 0 Å². The molecule has 0 saturated heterocycles. The van der Waals surface area contributed by atoms with Crippen LogP contribution in [-0.2, 0) is 4.79 Å². The van der Waals surface area contributed by atoms with Gasteiger partial charge in [-0.1, -0.05) is 66.7 Å². The summed E-state index contributed by atoms with van der Waals surface area (Å²) in [7, 11) is 0. The monoisotopic (exact) mass is 352 g/mol. The second-order valence-electron chi connectivity index (χ2n) is 6.13. The summed E-state index contributed by atoms with van der Waals surface area (Å²) in [5, 5.41) is 11.7. The van der Waals surface area contributed by atoms with Gasteiger partial charge in [0.25, 0.3) is 0 Å². The third-order valence-electron chi connectivity index (χ3n) is 4.19. The Hall–Kier alpha value is -3.64. The molecule has 0 unspecified atom stereocenters. The van der Waals surface area contributed by atoms with Crippen molar-refractivity contribution >= 4 is 17.2 Å². The van der Waals surface area contributed by atoms with Crippen molar-refractivity contribution in [2.24, 2.45) is 0 Å². The van der Waals surface area contributed by atoms with Crippen molar-refractivity contribution in [2.75, 3.05) is 5.32 Å². The first-order chi connectivity index (χ1) is 13.3. The fourth-order valence-corrected chi connectivity index (χ4v) is 2.84. The summed E-state index contributed by atoms with van der Waals surface area (Å²) in [6, 6.07) is 29.3. The summed E-state index contributed by atoms with van der Waals surface area (Å²) < 4.78 is 0. The standard InChI is InChI=1S/C24H20N2O/c25-18-19-14-16-22(17-15-19)26-24(27)13-7-12-23(20-8-3-1-4-9-20)21-10-5-2-6-11-21/h1-6,8-12,14-17H,7,13H2,(H,26,27). The normalized spacial score (nSPS) is 9.89. The van der Waals surface area contributed by atoms with Gasteiger partial charge in [0.1, 0.15) is 0 Å². The van der Waals surface area contributed by atoms with Crippen molar-refractivity contribution in [3.63, 3.8) is 0 Å². The number of carbonyl (C=O) groups is 1. The maximum Gasteiger partial charge on any atom is 0.224 e. The minimum atomic E-state index is -0.0450. The van der Waals surface area contributed by atoms with E-state index in [0.717, 1.165) is 16.7 Å². The fraction of sp³-hybridized carbons (Fsp3) is 0.0833. The highest BCUT2D eigenvalue weighted by atomic mass is 16.1. The molecule has 0 spiro atoms. The van der Waals surface area contributed by atoms with E-state index in [9.17, 15) is 4.79 Å². The molecule has 132 valence electrons. The van der Waals surface area contributed by atoms with Gasteiger partial charge in [-0.15, -0.1) is 0 Å². The van der Waals surface area contributed by atoms with Gasteiger partial charge in [-0.3, -0.25) is 4.79 Å². The fourth-order valence-electron chi connectivity index (χ4n) is 2.84. The molecule has 0 atom stereocenters. The molecule has 3 heteroatoms. The number of rotatable bonds is 6. The number of anilines is 1. The van der Waals surface area contributed by atoms with Gasteiger partial charge in [0, 0.05) is 12.1 Å². The third kappa shape index (κ3) is 5.17. The molecule has 0 aliphatic rings. The molecule has 0 aromatic heterocycles. The molecule has 27 heavy (non-hydrogen) atoms. The van der Waals surface area contributed by atoms with E-state index in [1.165, 1.54) is 0 Å². The zero-order chi connectivity index (χ0) is 18.9.